The Morgan fingerprint density at radius 1 is 1.43 bits per heavy atom. The minimum absolute atomic E-state index is 0.0124. The molecule has 2 amide bonds. The first-order valence-electron chi connectivity index (χ1n) is 6.72. The van der Waals surface area contributed by atoms with Gasteiger partial charge in [-0.25, -0.2) is 4.39 Å². The van der Waals surface area contributed by atoms with Gasteiger partial charge in [-0.2, -0.15) is 13.2 Å². The second kappa shape index (κ2) is 6.77. The summed E-state index contributed by atoms with van der Waals surface area (Å²) in [6.45, 7) is 1.48. The second-order valence-electron chi connectivity index (χ2n) is 4.96. The van der Waals surface area contributed by atoms with E-state index in [1.807, 2.05) is 0 Å². The lowest BCUT2D eigenvalue weighted by Crippen LogP contribution is -2.36. The van der Waals surface area contributed by atoms with Crippen molar-refractivity contribution in [3.05, 3.63) is 35.1 Å². The van der Waals surface area contributed by atoms with Crippen molar-refractivity contribution in [2.45, 2.75) is 18.5 Å². The van der Waals surface area contributed by atoms with Crippen LogP contribution in [0.15, 0.2) is 18.2 Å². The molecule has 0 spiro atoms. The number of rotatable bonds is 4. The Hall–Kier alpha value is -1.77. The number of hydrogen-bond acceptors (Lipinski definition) is 3. The summed E-state index contributed by atoms with van der Waals surface area (Å²) in [6.07, 6.45) is -4.64. The molecule has 0 bridgehead atoms. The molecule has 1 aliphatic rings. The van der Waals surface area contributed by atoms with Gasteiger partial charge in [-0.05, 0) is 23.8 Å². The van der Waals surface area contributed by atoms with Crippen LogP contribution < -0.4 is 5.32 Å². The van der Waals surface area contributed by atoms with Crippen molar-refractivity contribution in [2.75, 3.05) is 18.8 Å². The Labute approximate surface area is 134 Å². The van der Waals surface area contributed by atoms with Crippen molar-refractivity contribution in [3.8, 4) is 0 Å². The zero-order valence-corrected chi connectivity index (χ0v) is 12.9. The van der Waals surface area contributed by atoms with Crippen molar-refractivity contribution in [2.24, 2.45) is 0 Å². The zero-order valence-electron chi connectivity index (χ0n) is 12.1. The van der Waals surface area contributed by atoms with E-state index in [1.165, 1.54) is 11.8 Å². The minimum Gasteiger partial charge on any atom is -0.355 e. The van der Waals surface area contributed by atoms with Crippen LogP contribution in [0.3, 0.4) is 0 Å². The Kier molecular flexibility index (Phi) is 5.18. The summed E-state index contributed by atoms with van der Waals surface area (Å²) in [5, 5.41) is 1.56. The number of nitrogens with zero attached hydrogens (tertiary/aromatic N) is 1. The molecule has 9 heteroatoms. The summed E-state index contributed by atoms with van der Waals surface area (Å²) in [5.41, 5.74) is -1.24. The largest absolute Gasteiger partial charge is 0.416 e. The third-order valence-corrected chi connectivity index (χ3v) is 4.52. The lowest BCUT2D eigenvalue weighted by atomic mass is 10.1. The third-order valence-electron chi connectivity index (χ3n) is 3.28. The molecule has 1 unspecified atom stereocenters. The number of carbonyl (C=O) groups excluding carboxylic acids is 2. The number of nitrogens with one attached hydrogen (secondary N) is 1. The number of alkyl halides is 3. The Bertz CT molecular complexity index is 621. The van der Waals surface area contributed by atoms with Gasteiger partial charge in [-0.1, -0.05) is 0 Å². The fraction of sp³-hybridized carbons (Fsp3) is 0.429. The van der Waals surface area contributed by atoms with Crippen LogP contribution in [-0.2, 0) is 15.8 Å². The maximum Gasteiger partial charge on any atom is 0.416 e. The first-order chi connectivity index (χ1) is 10.7. The summed E-state index contributed by atoms with van der Waals surface area (Å²) in [6, 6.07) is 2.24. The fourth-order valence-electron chi connectivity index (χ4n) is 2.30. The van der Waals surface area contributed by atoms with Gasteiger partial charge in [0, 0.05) is 20.0 Å². The highest BCUT2D eigenvalue weighted by Crippen LogP contribution is 2.44. The van der Waals surface area contributed by atoms with Gasteiger partial charge >= 0.3 is 6.18 Å². The van der Waals surface area contributed by atoms with Gasteiger partial charge < -0.3 is 10.2 Å². The summed E-state index contributed by atoms with van der Waals surface area (Å²) >= 11 is 1.01. The van der Waals surface area contributed by atoms with Crippen LogP contribution in [0.4, 0.5) is 17.6 Å². The van der Waals surface area contributed by atoms with Crippen LogP contribution in [0.5, 0.6) is 0 Å². The molecule has 1 aromatic rings. The molecule has 1 heterocycles. The normalized spacial score (nSPS) is 18.4. The van der Waals surface area contributed by atoms with Crippen molar-refractivity contribution >= 4 is 23.6 Å². The SMILES string of the molecule is CC(=O)NCCN1C(=O)CSC1c1cc(F)ccc1C(F)(F)F. The van der Waals surface area contributed by atoms with Crippen LogP contribution in [0.25, 0.3) is 0 Å². The van der Waals surface area contributed by atoms with Crippen LogP contribution in [0.2, 0.25) is 0 Å². The monoisotopic (exact) mass is 350 g/mol. The molecule has 126 valence electrons. The molecule has 1 N–H and O–H groups in total. The summed E-state index contributed by atoms with van der Waals surface area (Å²) in [7, 11) is 0. The van der Waals surface area contributed by atoms with E-state index in [9.17, 15) is 27.2 Å². The van der Waals surface area contributed by atoms with Crippen molar-refractivity contribution < 1.29 is 27.2 Å². The molecule has 1 aliphatic heterocycles. The lowest BCUT2D eigenvalue weighted by Gasteiger charge is -2.26. The van der Waals surface area contributed by atoms with Gasteiger partial charge in [0.2, 0.25) is 11.8 Å². The van der Waals surface area contributed by atoms with E-state index in [0.29, 0.717) is 6.07 Å². The molecular weight excluding hydrogens is 336 g/mol. The van der Waals surface area contributed by atoms with E-state index in [4.69, 9.17) is 0 Å². The first-order valence-corrected chi connectivity index (χ1v) is 7.77. The van der Waals surface area contributed by atoms with Gasteiger partial charge in [0.15, 0.2) is 0 Å². The first kappa shape index (κ1) is 17.6. The maximum absolute atomic E-state index is 13.4. The van der Waals surface area contributed by atoms with Crippen molar-refractivity contribution in [1.82, 2.24) is 10.2 Å². The summed E-state index contributed by atoms with van der Waals surface area (Å²) in [5.74, 6) is -1.43. The molecule has 23 heavy (non-hydrogen) atoms. The highest BCUT2D eigenvalue weighted by molar-refractivity contribution is 8.00. The summed E-state index contributed by atoms with van der Waals surface area (Å²) < 4.78 is 52.8. The third kappa shape index (κ3) is 4.15. The molecule has 2 rings (SSSR count). The number of hydrogen-bond donors (Lipinski definition) is 1. The average molecular weight is 350 g/mol. The topological polar surface area (TPSA) is 49.4 Å². The van der Waals surface area contributed by atoms with Crippen LogP contribution in [0, 0.1) is 5.82 Å². The Morgan fingerprint density at radius 3 is 2.74 bits per heavy atom. The van der Waals surface area contributed by atoms with E-state index < -0.39 is 22.9 Å². The number of carbonyl (C=O) groups is 2. The van der Waals surface area contributed by atoms with Gasteiger partial charge in [-0.3, -0.25) is 9.59 Å². The van der Waals surface area contributed by atoms with E-state index in [0.717, 1.165) is 23.9 Å². The molecule has 0 aliphatic carbocycles. The van der Waals surface area contributed by atoms with Gasteiger partial charge in [0.1, 0.15) is 11.2 Å². The van der Waals surface area contributed by atoms with Crippen LogP contribution in [-0.4, -0.2) is 35.6 Å². The van der Waals surface area contributed by atoms with Crippen molar-refractivity contribution in [1.29, 1.82) is 0 Å². The van der Waals surface area contributed by atoms with Crippen LogP contribution >= 0.6 is 11.8 Å². The predicted molar refractivity (Wildman–Crippen MR) is 77.0 cm³/mol. The van der Waals surface area contributed by atoms with Gasteiger partial charge in [0.25, 0.3) is 0 Å². The second-order valence-corrected chi connectivity index (χ2v) is 6.03. The molecular formula is C14H14F4N2O2S. The van der Waals surface area contributed by atoms with E-state index in [-0.39, 0.29) is 36.2 Å². The fourth-order valence-corrected chi connectivity index (χ4v) is 3.55. The van der Waals surface area contributed by atoms with E-state index in [1.54, 1.807) is 0 Å². The molecule has 1 atom stereocenters. The molecule has 0 aromatic heterocycles. The van der Waals surface area contributed by atoms with E-state index >= 15 is 0 Å². The smallest absolute Gasteiger partial charge is 0.355 e. The number of amides is 2. The highest BCUT2D eigenvalue weighted by atomic mass is 32.2. The molecule has 1 fully saturated rings. The van der Waals surface area contributed by atoms with Gasteiger partial charge in [-0.15, -0.1) is 11.8 Å². The average Bonchev–Trinajstić information content (AvgIpc) is 2.78. The minimum atomic E-state index is -4.64. The highest BCUT2D eigenvalue weighted by Gasteiger charge is 2.40. The molecule has 4 nitrogen and oxygen atoms in total. The molecule has 0 saturated carbocycles. The predicted octanol–water partition coefficient (Wildman–Crippen LogP) is 2.55. The standard InChI is InChI=1S/C14H14F4N2O2S/c1-8(21)19-4-5-20-12(22)7-23-13(20)10-6-9(15)2-3-11(10)14(16,17)18/h2-3,6,13H,4-5,7H2,1H3,(H,19,21). The lowest BCUT2D eigenvalue weighted by molar-refractivity contribution is -0.139. The maximum atomic E-state index is 13.4. The molecule has 1 aromatic carbocycles. The van der Waals surface area contributed by atoms with Gasteiger partial charge in [0.05, 0.1) is 11.3 Å². The summed E-state index contributed by atoms with van der Waals surface area (Å²) in [4.78, 5) is 24.0. The quantitative estimate of drug-likeness (QED) is 0.849. The number of thioether (sulfide) groups is 1. The zero-order chi connectivity index (χ0) is 17.2. The van der Waals surface area contributed by atoms with Crippen LogP contribution in [0.1, 0.15) is 23.4 Å². The van der Waals surface area contributed by atoms with Crippen molar-refractivity contribution in [3.63, 3.8) is 0 Å². The molecule has 0 radical (unpaired) electrons. The Morgan fingerprint density at radius 2 is 2.13 bits per heavy atom. The Balaban J connectivity index is 2.30. The number of halogens is 4. The number of benzene rings is 1. The molecule has 1 saturated heterocycles. The van der Waals surface area contributed by atoms with E-state index in [2.05, 4.69) is 5.32 Å².